The van der Waals surface area contributed by atoms with Gasteiger partial charge in [-0.1, -0.05) is 0 Å². The lowest BCUT2D eigenvalue weighted by Gasteiger charge is -2.47. The summed E-state index contributed by atoms with van der Waals surface area (Å²) in [5.41, 5.74) is 1.23. The van der Waals surface area contributed by atoms with Crippen LogP contribution in [0.5, 0.6) is 0 Å². The Hall–Kier alpha value is -3.37. The van der Waals surface area contributed by atoms with Crippen LogP contribution in [-0.4, -0.2) is 63.5 Å². The number of carbonyl (C=O) groups excluding carboxylic acids is 2. The van der Waals surface area contributed by atoms with Crippen LogP contribution in [0.2, 0.25) is 0 Å². The van der Waals surface area contributed by atoms with Crippen molar-refractivity contribution in [2.24, 2.45) is 5.41 Å². The number of pyridine rings is 1. The number of alkyl halides is 3. The number of rotatable bonds is 3. The summed E-state index contributed by atoms with van der Waals surface area (Å²) in [7, 11) is 0. The number of halogens is 3. The molecule has 2 aromatic rings. The zero-order valence-corrected chi connectivity index (χ0v) is 17.8. The van der Waals surface area contributed by atoms with Gasteiger partial charge in [-0.25, -0.2) is 4.79 Å². The standard InChI is InChI=1S/C20H23N3O3.C2HF3O2/c24-18-3-6-20(15-23(18)14-16-4-9-21-10-5-16)7-11-22(12-8-20)19(25)17-2-1-13-26-17;3-2(4,5)1(6)7/h1-2,4-5,9-10,13H,3,6-8,11-12,14-15H2;(H,6,7). The summed E-state index contributed by atoms with van der Waals surface area (Å²) >= 11 is 0. The van der Waals surface area contributed by atoms with Crippen LogP contribution in [0.3, 0.4) is 0 Å². The van der Waals surface area contributed by atoms with Gasteiger partial charge < -0.3 is 19.3 Å². The molecular formula is C22H24F3N3O5. The van der Waals surface area contributed by atoms with Crippen molar-refractivity contribution in [3.05, 3.63) is 54.2 Å². The molecule has 11 heteroatoms. The smallest absolute Gasteiger partial charge is 0.475 e. The lowest BCUT2D eigenvalue weighted by molar-refractivity contribution is -0.192. The van der Waals surface area contributed by atoms with Crippen LogP contribution in [0.4, 0.5) is 13.2 Å². The van der Waals surface area contributed by atoms with Crippen LogP contribution in [0.1, 0.15) is 41.8 Å². The average Bonchev–Trinajstić information content (AvgIpc) is 3.32. The van der Waals surface area contributed by atoms with Crippen molar-refractivity contribution < 1.29 is 37.1 Å². The topological polar surface area (TPSA) is 104 Å². The first-order chi connectivity index (χ1) is 15.6. The third-order valence-electron chi connectivity index (χ3n) is 5.96. The highest BCUT2D eigenvalue weighted by Crippen LogP contribution is 2.40. The SMILES string of the molecule is O=C(O)C(F)(F)F.O=C1CCC2(CCN(C(=O)c3ccco3)CC2)CN1Cc1ccncc1. The first-order valence-electron chi connectivity index (χ1n) is 10.4. The monoisotopic (exact) mass is 467 g/mol. The van der Waals surface area contributed by atoms with E-state index < -0.39 is 12.1 Å². The Morgan fingerprint density at radius 2 is 1.76 bits per heavy atom. The Labute approximate surface area is 188 Å². The van der Waals surface area contributed by atoms with Crippen LogP contribution >= 0.6 is 0 Å². The highest BCUT2D eigenvalue weighted by molar-refractivity contribution is 5.91. The van der Waals surface area contributed by atoms with Crippen LogP contribution in [0.15, 0.2) is 47.3 Å². The fourth-order valence-electron chi connectivity index (χ4n) is 4.10. The van der Waals surface area contributed by atoms with Gasteiger partial charge in [-0.15, -0.1) is 0 Å². The van der Waals surface area contributed by atoms with E-state index in [9.17, 15) is 22.8 Å². The zero-order chi connectivity index (χ0) is 24.1. The van der Waals surface area contributed by atoms with Gasteiger partial charge in [0.05, 0.1) is 6.26 Å². The molecule has 2 fully saturated rings. The maximum atomic E-state index is 12.5. The maximum absolute atomic E-state index is 12.5. The fourth-order valence-corrected chi connectivity index (χ4v) is 4.10. The van der Waals surface area contributed by atoms with E-state index in [0.29, 0.717) is 18.7 Å². The molecule has 1 N–H and O–H groups in total. The van der Waals surface area contributed by atoms with Crippen LogP contribution < -0.4 is 0 Å². The molecule has 33 heavy (non-hydrogen) atoms. The maximum Gasteiger partial charge on any atom is 0.490 e. The number of aliphatic carboxylic acids is 1. The van der Waals surface area contributed by atoms with Crippen LogP contribution in [0, 0.1) is 5.41 Å². The molecule has 2 saturated heterocycles. The fraction of sp³-hybridized carbons (Fsp3) is 0.455. The Bertz CT molecular complexity index is 955. The van der Waals surface area contributed by atoms with E-state index in [1.807, 2.05) is 21.9 Å². The summed E-state index contributed by atoms with van der Waals surface area (Å²) in [5, 5.41) is 7.12. The molecule has 0 bridgehead atoms. The van der Waals surface area contributed by atoms with Gasteiger partial charge in [-0.2, -0.15) is 13.2 Å². The van der Waals surface area contributed by atoms with E-state index in [0.717, 1.165) is 44.5 Å². The molecule has 2 amide bonds. The molecule has 0 atom stereocenters. The van der Waals surface area contributed by atoms with Crippen molar-refractivity contribution in [3.63, 3.8) is 0 Å². The second kappa shape index (κ2) is 10.1. The minimum atomic E-state index is -5.08. The number of carbonyl (C=O) groups is 3. The zero-order valence-electron chi connectivity index (χ0n) is 17.8. The molecule has 0 saturated carbocycles. The number of piperidine rings is 2. The molecule has 4 rings (SSSR count). The van der Waals surface area contributed by atoms with Crippen molar-refractivity contribution >= 4 is 17.8 Å². The summed E-state index contributed by atoms with van der Waals surface area (Å²) in [6.07, 6.45) is 3.34. The van der Waals surface area contributed by atoms with Gasteiger partial charge in [-0.05, 0) is 54.5 Å². The summed E-state index contributed by atoms with van der Waals surface area (Å²) in [6, 6.07) is 7.36. The lowest BCUT2D eigenvalue weighted by atomic mass is 9.72. The average molecular weight is 467 g/mol. The molecule has 1 spiro atoms. The van der Waals surface area contributed by atoms with Gasteiger partial charge in [0.1, 0.15) is 0 Å². The third kappa shape index (κ3) is 6.33. The van der Waals surface area contributed by atoms with Crippen molar-refractivity contribution in [2.75, 3.05) is 19.6 Å². The van der Waals surface area contributed by atoms with E-state index in [1.165, 1.54) is 6.26 Å². The third-order valence-corrected chi connectivity index (χ3v) is 5.96. The molecule has 0 aromatic carbocycles. The Morgan fingerprint density at radius 3 is 2.30 bits per heavy atom. The van der Waals surface area contributed by atoms with Crippen LogP contribution in [-0.2, 0) is 16.1 Å². The number of aromatic nitrogens is 1. The first-order valence-corrected chi connectivity index (χ1v) is 10.4. The van der Waals surface area contributed by atoms with Gasteiger partial charge >= 0.3 is 12.1 Å². The molecule has 2 aliphatic rings. The predicted molar refractivity (Wildman–Crippen MR) is 109 cm³/mol. The quantitative estimate of drug-likeness (QED) is 0.743. The van der Waals surface area contributed by atoms with Gasteiger partial charge in [0, 0.05) is 45.0 Å². The molecule has 0 unspecified atom stereocenters. The highest BCUT2D eigenvalue weighted by Gasteiger charge is 2.42. The van der Waals surface area contributed by atoms with E-state index in [-0.39, 0.29) is 17.2 Å². The van der Waals surface area contributed by atoms with Gasteiger partial charge in [-0.3, -0.25) is 14.6 Å². The molecule has 2 aromatic heterocycles. The Balaban J connectivity index is 0.000000383. The summed E-state index contributed by atoms with van der Waals surface area (Å²) < 4.78 is 37.0. The molecule has 178 valence electrons. The summed E-state index contributed by atoms with van der Waals surface area (Å²) in [4.78, 5) is 41.6. The van der Waals surface area contributed by atoms with Crippen molar-refractivity contribution in [3.8, 4) is 0 Å². The lowest BCUT2D eigenvalue weighted by Crippen LogP contribution is -2.52. The molecular weight excluding hydrogens is 443 g/mol. The van der Waals surface area contributed by atoms with Gasteiger partial charge in [0.25, 0.3) is 5.91 Å². The highest BCUT2D eigenvalue weighted by atomic mass is 19.4. The molecule has 0 aliphatic carbocycles. The largest absolute Gasteiger partial charge is 0.490 e. The number of furan rings is 1. The Kier molecular flexibility index (Phi) is 7.39. The number of carboxylic acid groups (broad SMARTS) is 1. The molecule has 2 aliphatic heterocycles. The number of likely N-dealkylation sites (tertiary alicyclic amines) is 2. The molecule has 4 heterocycles. The van der Waals surface area contributed by atoms with E-state index >= 15 is 0 Å². The van der Waals surface area contributed by atoms with Crippen molar-refractivity contribution in [1.82, 2.24) is 14.8 Å². The molecule has 0 radical (unpaired) electrons. The van der Waals surface area contributed by atoms with E-state index in [1.54, 1.807) is 24.5 Å². The first kappa shape index (κ1) is 24.3. The number of carboxylic acids is 1. The van der Waals surface area contributed by atoms with E-state index in [2.05, 4.69) is 4.98 Å². The number of hydrogen-bond donors (Lipinski definition) is 1. The van der Waals surface area contributed by atoms with Crippen molar-refractivity contribution in [2.45, 2.75) is 38.4 Å². The van der Waals surface area contributed by atoms with Crippen molar-refractivity contribution in [1.29, 1.82) is 0 Å². The molecule has 8 nitrogen and oxygen atoms in total. The second-order valence-corrected chi connectivity index (χ2v) is 8.18. The van der Waals surface area contributed by atoms with Gasteiger partial charge in [0.2, 0.25) is 5.91 Å². The predicted octanol–water partition coefficient (Wildman–Crippen LogP) is 3.35. The van der Waals surface area contributed by atoms with E-state index in [4.69, 9.17) is 14.3 Å². The number of amides is 2. The van der Waals surface area contributed by atoms with Crippen LogP contribution in [0.25, 0.3) is 0 Å². The Morgan fingerprint density at radius 1 is 1.12 bits per heavy atom. The summed E-state index contributed by atoms with van der Waals surface area (Å²) in [6.45, 7) is 2.85. The number of hydrogen-bond acceptors (Lipinski definition) is 5. The minimum Gasteiger partial charge on any atom is -0.475 e. The number of nitrogens with zero attached hydrogens (tertiary/aromatic N) is 3. The summed E-state index contributed by atoms with van der Waals surface area (Å²) in [5.74, 6) is -2.17. The second-order valence-electron chi connectivity index (χ2n) is 8.18. The van der Waals surface area contributed by atoms with Gasteiger partial charge in [0.15, 0.2) is 5.76 Å². The minimum absolute atomic E-state index is 0.0367. The normalized spacial score (nSPS) is 18.0.